The molecule has 0 aromatic heterocycles. The largest absolute Gasteiger partial charge is 0.496 e. The van der Waals surface area contributed by atoms with E-state index in [0.29, 0.717) is 6.04 Å². The average Bonchev–Trinajstić information content (AvgIpc) is 2.29. The van der Waals surface area contributed by atoms with Crippen LogP contribution in [-0.4, -0.2) is 13.2 Å². The first-order valence-corrected chi connectivity index (χ1v) is 6.13. The Kier molecular flexibility index (Phi) is 5.64. The molecule has 0 saturated heterocycles. The zero-order valence-corrected chi connectivity index (χ0v) is 10.8. The summed E-state index contributed by atoms with van der Waals surface area (Å²) in [4.78, 5) is 0. The molecule has 0 heterocycles. The van der Waals surface area contributed by atoms with Crippen LogP contribution in [0.1, 0.15) is 31.7 Å². The number of hydrogen-bond donors (Lipinski definition) is 1. The molecule has 0 aliphatic carbocycles. The van der Waals surface area contributed by atoms with Crippen LogP contribution in [0.25, 0.3) is 0 Å². The van der Waals surface area contributed by atoms with Gasteiger partial charge in [-0.1, -0.05) is 18.5 Å². The van der Waals surface area contributed by atoms with Gasteiger partial charge in [0.1, 0.15) is 5.75 Å². The summed E-state index contributed by atoms with van der Waals surface area (Å²) in [7, 11) is 1.69. The smallest absolute Gasteiger partial charge is 0.122 e. The SMILES string of the molecule is CCC(N)CCCc1cc(Cl)ccc1OC. The van der Waals surface area contributed by atoms with Crippen molar-refractivity contribution < 1.29 is 4.74 Å². The fourth-order valence-corrected chi connectivity index (χ4v) is 1.90. The number of methoxy groups -OCH3 is 1. The van der Waals surface area contributed by atoms with Gasteiger partial charge in [-0.3, -0.25) is 0 Å². The number of aryl methyl sites for hydroxylation is 1. The Balaban J connectivity index is 2.55. The number of benzene rings is 1. The normalized spacial score (nSPS) is 12.5. The lowest BCUT2D eigenvalue weighted by Crippen LogP contribution is -2.18. The zero-order valence-electron chi connectivity index (χ0n) is 10.0. The molecular weight excluding hydrogens is 222 g/mol. The van der Waals surface area contributed by atoms with Gasteiger partial charge in [0, 0.05) is 11.1 Å². The standard InChI is InChI=1S/C13H20ClNO/c1-3-12(15)6-4-5-10-9-11(14)7-8-13(10)16-2/h7-9,12H,3-6,15H2,1-2H3. The van der Waals surface area contributed by atoms with Crippen LogP contribution in [0.2, 0.25) is 5.02 Å². The van der Waals surface area contributed by atoms with E-state index < -0.39 is 0 Å². The van der Waals surface area contributed by atoms with E-state index in [2.05, 4.69) is 6.92 Å². The third-order valence-electron chi connectivity index (χ3n) is 2.79. The van der Waals surface area contributed by atoms with Gasteiger partial charge in [-0.25, -0.2) is 0 Å². The monoisotopic (exact) mass is 241 g/mol. The van der Waals surface area contributed by atoms with Gasteiger partial charge in [-0.2, -0.15) is 0 Å². The number of nitrogens with two attached hydrogens (primary N) is 1. The Labute approximate surface area is 103 Å². The quantitative estimate of drug-likeness (QED) is 0.829. The Hall–Kier alpha value is -0.730. The third-order valence-corrected chi connectivity index (χ3v) is 3.02. The van der Waals surface area contributed by atoms with Crippen LogP contribution in [0.5, 0.6) is 5.75 Å². The highest BCUT2D eigenvalue weighted by Gasteiger charge is 2.05. The molecule has 0 saturated carbocycles. The highest BCUT2D eigenvalue weighted by atomic mass is 35.5. The lowest BCUT2D eigenvalue weighted by Gasteiger charge is -2.11. The van der Waals surface area contributed by atoms with Crippen LogP contribution in [0.4, 0.5) is 0 Å². The first kappa shape index (κ1) is 13.3. The van der Waals surface area contributed by atoms with Gasteiger partial charge < -0.3 is 10.5 Å². The van der Waals surface area contributed by atoms with E-state index in [9.17, 15) is 0 Å². The lowest BCUT2D eigenvalue weighted by atomic mass is 10.0. The van der Waals surface area contributed by atoms with Crippen LogP contribution in [0, 0.1) is 0 Å². The molecule has 16 heavy (non-hydrogen) atoms. The van der Waals surface area contributed by atoms with Crippen molar-refractivity contribution in [1.82, 2.24) is 0 Å². The summed E-state index contributed by atoms with van der Waals surface area (Å²) in [6.45, 7) is 2.12. The minimum Gasteiger partial charge on any atom is -0.496 e. The predicted octanol–water partition coefficient (Wildman–Crippen LogP) is 3.41. The van der Waals surface area contributed by atoms with Crippen LogP contribution < -0.4 is 10.5 Å². The summed E-state index contributed by atoms with van der Waals surface area (Å²) in [5.74, 6) is 0.912. The summed E-state index contributed by atoms with van der Waals surface area (Å²) in [6, 6.07) is 6.04. The number of hydrogen-bond acceptors (Lipinski definition) is 2. The second-order valence-corrected chi connectivity index (χ2v) is 4.45. The van der Waals surface area contributed by atoms with Gasteiger partial charge in [0.25, 0.3) is 0 Å². The van der Waals surface area contributed by atoms with Gasteiger partial charge in [0.2, 0.25) is 0 Å². The second kappa shape index (κ2) is 6.77. The molecule has 0 fully saturated rings. The van der Waals surface area contributed by atoms with Gasteiger partial charge >= 0.3 is 0 Å². The van der Waals surface area contributed by atoms with Crippen molar-refractivity contribution in [3.05, 3.63) is 28.8 Å². The minimum absolute atomic E-state index is 0.310. The first-order valence-electron chi connectivity index (χ1n) is 5.75. The molecular formula is C13H20ClNO. The molecule has 1 rings (SSSR count). The Morgan fingerprint density at radius 1 is 1.44 bits per heavy atom. The predicted molar refractivity (Wildman–Crippen MR) is 69.2 cm³/mol. The first-order chi connectivity index (χ1) is 7.67. The fraction of sp³-hybridized carbons (Fsp3) is 0.538. The molecule has 1 aromatic rings. The van der Waals surface area contributed by atoms with E-state index in [4.69, 9.17) is 22.1 Å². The Morgan fingerprint density at radius 2 is 2.19 bits per heavy atom. The highest BCUT2D eigenvalue weighted by Crippen LogP contribution is 2.24. The minimum atomic E-state index is 0.310. The molecule has 0 spiro atoms. The molecule has 0 radical (unpaired) electrons. The van der Waals surface area contributed by atoms with Crippen molar-refractivity contribution >= 4 is 11.6 Å². The van der Waals surface area contributed by atoms with Crippen molar-refractivity contribution in [2.24, 2.45) is 5.73 Å². The van der Waals surface area contributed by atoms with Crippen LogP contribution in [0.3, 0.4) is 0 Å². The van der Waals surface area contributed by atoms with Gasteiger partial charge in [-0.15, -0.1) is 0 Å². The summed E-state index contributed by atoms with van der Waals surface area (Å²) in [5.41, 5.74) is 7.05. The number of rotatable bonds is 6. The Bertz CT molecular complexity index is 328. The summed E-state index contributed by atoms with van der Waals surface area (Å²) in [6.07, 6.45) is 4.13. The summed E-state index contributed by atoms with van der Waals surface area (Å²) in [5, 5.41) is 0.760. The van der Waals surface area contributed by atoms with Gasteiger partial charge in [0.05, 0.1) is 7.11 Å². The second-order valence-electron chi connectivity index (χ2n) is 4.02. The van der Waals surface area contributed by atoms with Crippen molar-refractivity contribution in [2.75, 3.05) is 7.11 Å². The number of halogens is 1. The Morgan fingerprint density at radius 3 is 2.81 bits per heavy atom. The lowest BCUT2D eigenvalue weighted by molar-refractivity contribution is 0.408. The molecule has 0 aliphatic rings. The van der Waals surface area contributed by atoms with E-state index in [-0.39, 0.29) is 0 Å². The van der Waals surface area contributed by atoms with Crippen molar-refractivity contribution in [3.63, 3.8) is 0 Å². The van der Waals surface area contributed by atoms with Crippen molar-refractivity contribution in [2.45, 2.75) is 38.6 Å². The van der Waals surface area contributed by atoms with E-state index >= 15 is 0 Å². The van der Waals surface area contributed by atoms with Crippen LogP contribution in [-0.2, 0) is 6.42 Å². The topological polar surface area (TPSA) is 35.2 Å². The average molecular weight is 242 g/mol. The maximum Gasteiger partial charge on any atom is 0.122 e. The molecule has 2 nitrogen and oxygen atoms in total. The van der Waals surface area contributed by atoms with E-state index in [0.717, 1.165) is 36.5 Å². The summed E-state index contributed by atoms with van der Waals surface area (Å²) < 4.78 is 5.29. The molecule has 0 aliphatic heterocycles. The zero-order chi connectivity index (χ0) is 12.0. The molecule has 90 valence electrons. The maximum absolute atomic E-state index is 5.96. The van der Waals surface area contributed by atoms with E-state index in [1.54, 1.807) is 7.11 Å². The van der Waals surface area contributed by atoms with Crippen molar-refractivity contribution in [1.29, 1.82) is 0 Å². The molecule has 0 bridgehead atoms. The fourth-order valence-electron chi connectivity index (χ4n) is 1.70. The molecule has 2 N–H and O–H groups in total. The van der Waals surface area contributed by atoms with E-state index in [1.807, 2.05) is 18.2 Å². The third kappa shape index (κ3) is 4.03. The highest BCUT2D eigenvalue weighted by molar-refractivity contribution is 6.30. The van der Waals surface area contributed by atoms with E-state index in [1.165, 1.54) is 5.56 Å². The molecule has 0 amide bonds. The molecule has 3 heteroatoms. The van der Waals surface area contributed by atoms with Gasteiger partial charge in [-0.05, 0) is 49.4 Å². The molecule has 1 aromatic carbocycles. The van der Waals surface area contributed by atoms with Gasteiger partial charge in [0.15, 0.2) is 0 Å². The van der Waals surface area contributed by atoms with Crippen LogP contribution in [0.15, 0.2) is 18.2 Å². The molecule has 1 unspecified atom stereocenters. The van der Waals surface area contributed by atoms with Crippen molar-refractivity contribution in [3.8, 4) is 5.75 Å². The molecule has 1 atom stereocenters. The number of ether oxygens (including phenoxy) is 1. The van der Waals surface area contributed by atoms with Crippen LogP contribution >= 0.6 is 11.6 Å². The maximum atomic E-state index is 5.96. The summed E-state index contributed by atoms with van der Waals surface area (Å²) >= 11 is 5.96.